The van der Waals surface area contributed by atoms with Crippen molar-refractivity contribution in [2.45, 2.75) is 70.9 Å². The van der Waals surface area contributed by atoms with Crippen LogP contribution in [0.15, 0.2) is 24.3 Å². The molecule has 3 rings (SSSR count). The number of esters is 2. The van der Waals surface area contributed by atoms with Crippen LogP contribution in [0.25, 0.3) is 0 Å². The molecule has 0 saturated carbocycles. The number of hydrogen-bond acceptors (Lipinski definition) is 8. The SMILES string of the molecule is CC(C)CC1OC(=O)C(C)C(O)C(Cc2c(F)c(F)c(F)c(F)c2F)NC(=O)C(NC(=O)c2ccccc2O)C(C)OC1=O. The molecule has 6 unspecified atom stereocenters. The van der Waals surface area contributed by atoms with E-state index in [1.54, 1.807) is 13.8 Å². The van der Waals surface area contributed by atoms with Gasteiger partial charge in [-0.05, 0) is 38.3 Å². The zero-order valence-corrected chi connectivity index (χ0v) is 24.0. The normalized spacial score (nSPS) is 24.9. The number of nitrogens with one attached hydrogen (secondary N) is 2. The van der Waals surface area contributed by atoms with Gasteiger partial charge < -0.3 is 30.3 Å². The number of cyclic esters (lactones) is 2. The maximum absolute atomic E-state index is 14.6. The minimum absolute atomic E-state index is 0.0603. The summed E-state index contributed by atoms with van der Waals surface area (Å²) in [5, 5.41) is 25.6. The van der Waals surface area contributed by atoms with Crippen molar-refractivity contribution in [1.29, 1.82) is 0 Å². The molecule has 15 heteroatoms. The summed E-state index contributed by atoms with van der Waals surface area (Å²) < 4.78 is 81.4. The van der Waals surface area contributed by atoms with Crippen molar-refractivity contribution in [3.8, 4) is 5.75 Å². The fourth-order valence-electron chi connectivity index (χ4n) is 4.54. The number of phenolic OH excluding ortho intramolecular Hbond substituents is 1. The molecule has 0 aromatic heterocycles. The summed E-state index contributed by atoms with van der Waals surface area (Å²) in [7, 11) is 0. The van der Waals surface area contributed by atoms with Crippen LogP contribution in [0, 0.1) is 40.9 Å². The van der Waals surface area contributed by atoms with Crippen LogP contribution in [0.1, 0.15) is 50.0 Å². The lowest BCUT2D eigenvalue weighted by Gasteiger charge is -2.33. The van der Waals surface area contributed by atoms with E-state index >= 15 is 0 Å². The second-order valence-electron chi connectivity index (χ2n) is 10.8. The summed E-state index contributed by atoms with van der Waals surface area (Å²) in [4.78, 5) is 52.5. The number of hydrogen-bond donors (Lipinski definition) is 4. The first-order valence-electron chi connectivity index (χ1n) is 13.5. The highest BCUT2D eigenvalue weighted by molar-refractivity contribution is 6.00. The molecule has 0 spiro atoms. The maximum atomic E-state index is 14.6. The molecule has 0 radical (unpaired) electrons. The number of aromatic hydroxyl groups is 1. The van der Waals surface area contributed by atoms with Gasteiger partial charge in [0.15, 0.2) is 29.4 Å². The van der Waals surface area contributed by atoms with Crippen molar-refractivity contribution in [1.82, 2.24) is 10.6 Å². The van der Waals surface area contributed by atoms with E-state index in [1.807, 2.05) is 0 Å². The first-order valence-corrected chi connectivity index (χ1v) is 13.5. The van der Waals surface area contributed by atoms with Gasteiger partial charge in [0.25, 0.3) is 5.91 Å². The first-order chi connectivity index (χ1) is 20.5. The molecule has 4 N–H and O–H groups in total. The summed E-state index contributed by atoms with van der Waals surface area (Å²) in [5.74, 6) is -18.3. The van der Waals surface area contributed by atoms with Gasteiger partial charge >= 0.3 is 11.9 Å². The molecule has 0 aliphatic carbocycles. The van der Waals surface area contributed by atoms with Crippen LogP contribution in [0.2, 0.25) is 0 Å². The Balaban J connectivity index is 2.10. The van der Waals surface area contributed by atoms with Gasteiger partial charge in [-0.3, -0.25) is 14.4 Å². The van der Waals surface area contributed by atoms with Gasteiger partial charge in [-0.2, -0.15) is 0 Å². The average Bonchev–Trinajstić information content (AvgIpc) is 2.97. The second kappa shape index (κ2) is 14.0. The van der Waals surface area contributed by atoms with Crippen molar-refractivity contribution in [2.24, 2.45) is 11.8 Å². The Bertz CT molecular complexity index is 1410. The molecule has 1 saturated heterocycles. The number of ether oxygens (including phenoxy) is 2. The molecular formula is C29H31F5N2O8. The van der Waals surface area contributed by atoms with Crippen LogP contribution in [0.3, 0.4) is 0 Å². The highest BCUT2D eigenvalue weighted by Crippen LogP contribution is 2.27. The molecule has 6 atom stereocenters. The Morgan fingerprint density at radius 1 is 0.932 bits per heavy atom. The fraction of sp³-hybridized carbons (Fsp3) is 0.448. The number of halogens is 5. The van der Waals surface area contributed by atoms with Crippen LogP contribution in [0.5, 0.6) is 5.75 Å². The largest absolute Gasteiger partial charge is 0.507 e. The molecule has 1 aliphatic heterocycles. The molecule has 2 amide bonds. The highest BCUT2D eigenvalue weighted by Gasteiger charge is 2.41. The molecule has 1 aliphatic rings. The van der Waals surface area contributed by atoms with Crippen LogP contribution in [-0.4, -0.2) is 64.4 Å². The van der Waals surface area contributed by atoms with Gasteiger partial charge in [0.05, 0.1) is 23.6 Å². The monoisotopic (exact) mass is 630 g/mol. The van der Waals surface area contributed by atoms with E-state index in [-0.39, 0.29) is 17.9 Å². The van der Waals surface area contributed by atoms with Crippen LogP contribution < -0.4 is 10.6 Å². The molecule has 2 aromatic rings. The molecule has 2 aromatic carbocycles. The van der Waals surface area contributed by atoms with E-state index in [0.29, 0.717) is 0 Å². The third-order valence-corrected chi connectivity index (χ3v) is 7.04. The fourth-order valence-corrected chi connectivity index (χ4v) is 4.54. The minimum Gasteiger partial charge on any atom is -0.507 e. The van der Waals surface area contributed by atoms with Crippen LogP contribution >= 0.6 is 0 Å². The lowest BCUT2D eigenvalue weighted by atomic mass is 9.91. The van der Waals surface area contributed by atoms with Gasteiger partial charge in [0.2, 0.25) is 11.7 Å². The summed E-state index contributed by atoms with van der Waals surface area (Å²) in [6, 6.07) is 1.51. The summed E-state index contributed by atoms with van der Waals surface area (Å²) in [6.45, 7) is 5.67. The zero-order valence-electron chi connectivity index (χ0n) is 24.0. The zero-order chi connectivity index (χ0) is 33.0. The first kappa shape index (κ1) is 34.2. The number of aliphatic hydroxyl groups is 1. The van der Waals surface area contributed by atoms with Crippen molar-refractivity contribution >= 4 is 23.8 Å². The molecule has 1 heterocycles. The number of rotatable bonds is 6. The molecule has 1 fully saturated rings. The number of aliphatic hydroxyl groups excluding tert-OH is 1. The topological polar surface area (TPSA) is 151 Å². The number of para-hydroxylation sites is 1. The lowest BCUT2D eigenvalue weighted by Crippen LogP contribution is -2.59. The standard InChI is InChI=1S/C29H31F5N2O8/c1-11(2)9-18-29(42)43-13(4)24(36-26(39)14-7-5-6-8-17(14)37)27(40)35-16(25(38)12(3)28(41)44-18)10-15-19(30)21(32)23(34)22(33)20(15)31/h5-8,11-13,16,18,24-25,37-38H,9-10H2,1-4H3,(H,35,40)(H,36,39). The van der Waals surface area contributed by atoms with E-state index < -0.39 is 107 Å². The van der Waals surface area contributed by atoms with E-state index in [4.69, 9.17) is 9.47 Å². The molecule has 0 bridgehead atoms. The predicted octanol–water partition coefficient (Wildman–Crippen LogP) is 2.81. The van der Waals surface area contributed by atoms with Gasteiger partial charge in [0, 0.05) is 12.0 Å². The number of carbonyl (C=O) groups excluding carboxylic acids is 4. The summed E-state index contributed by atoms with van der Waals surface area (Å²) in [6.07, 6.45) is -6.39. The predicted molar refractivity (Wildman–Crippen MR) is 141 cm³/mol. The lowest BCUT2D eigenvalue weighted by molar-refractivity contribution is -0.178. The minimum atomic E-state index is -2.43. The number of phenols is 1. The summed E-state index contributed by atoms with van der Waals surface area (Å²) in [5.41, 5.74) is -1.69. The van der Waals surface area contributed by atoms with Crippen molar-refractivity contribution in [3.63, 3.8) is 0 Å². The van der Waals surface area contributed by atoms with Gasteiger partial charge in [-0.15, -0.1) is 0 Å². The molecule has 44 heavy (non-hydrogen) atoms. The summed E-state index contributed by atoms with van der Waals surface area (Å²) >= 11 is 0. The third-order valence-electron chi connectivity index (χ3n) is 7.04. The van der Waals surface area contributed by atoms with Crippen molar-refractivity contribution < 1.29 is 60.8 Å². The van der Waals surface area contributed by atoms with Gasteiger partial charge in [-0.25, -0.2) is 26.7 Å². The van der Waals surface area contributed by atoms with Crippen molar-refractivity contribution in [2.75, 3.05) is 0 Å². The van der Waals surface area contributed by atoms with Gasteiger partial charge in [-0.1, -0.05) is 26.0 Å². The Morgan fingerprint density at radius 3 is 2.07 bits per heavy atom. The quantitative estimate of drug-likeness (QED) is 0.165. The molecule has 240 valence electrons. The number of carbonyl (C=O) groups is 4. The van der Waals surface area contributed by atoms with Gasteiger partial charge in [0.1, 0.15) is 17.9 Å². The van der Waals surface area contributed by atoms with E-state index in [0.717, 1.165) is 6.92 Å². The highest BCUT2D eigenvalue weighted by atomic mass is 19.2. The number of benzene rings is 2. The Morgan fingerprint density at radius 2 is 1.50 bits per heavy atom. The van der Waals surface area contributed by atoms with E-state index in [9.17, 15) is 51.3 Å². The Kier molecular flexibility index (Phi) is 10.9. The average molecular weight is 631 g/mol. The maximum Gasteiger partial charge on any atom is 0.347 e. The Hall–Kier alpha value is -4.27. The van der Waals surface area contributed by atoms with E-state index in [1.165, 1.54) is 31.2 Å². The molecular weight excluding hydrogens is 599 g/mol. The second-order valence-corrected chi connectivity index (χ2v) is 10.8. The Labute approximate surface area is 248 Å². The third kappa shape index (κ3) is 7.44. The number of amides is 2. The van der Waals surface area contributed by atoms with E-state index in [2.05, 4.69) is 10.6 Å². The van der Waals surface area contributed by atoms with Crippen LogP contribution in [0.4, 0.5) is 22.0 Å². The van der Waals surface area contributed by atoms with Crippen molar-refractivity contribution in [3.05, 3.63) is 64.5 Å². The van der Waals surface area contributed by atoms with Crippen LogP contribution in [-0.2, 0) is 30.3 Å². The smallest absolute Gasteiger partial charge is 0.347 e. The molecule has 10 nitrogen and oxygen atoms in total.